The van der Waals surface area contributed by atoms with Crippen molar-refractivity contribution in [2.45, 2.75) is 31.7 Å². The van der Waals surface area contributed by atoms with Crippen molar-refractivity contribution >= 4 is 5.97 Å². The second kappa shape index (κ2) is 5.15. The fraction of sp³-hybridized carbons (Fsp3) is 0.917. The number of rotatable bonds is 3. The van der Waals surface area contributed by atoms with Crippen molar-refractivity contribution in [3.8, 4) is 0 Å². The van der Waals surface area contributed by atoms with Crippen LogP contribution >= 0.6 is 0 Å². The number of carbonyl (C=O) groups excluding carboxylic acids is 1. The molecule has 2 unspecified atom stereocenters. The van der Waals surface area contributed by atoms with Crippen LogP contribution < -0.4 is 5.73 Å². The number of hydrogen-bond donors (Lipinski definition) is 1. The molecule has 0 spiro atoms. The van der Waals surface area contributed by atoms with Crippen LogP contribution in [0.1, 0.15) is 25.7 Å². The summed E-state index contributed by atoms with van der Waals surface area (Å²) in [6.07, 6.45) is 4.82. The molecule has 1 saturated heterocycles. The summed E-state index contributed by atoms with van der Waals surface area (Å²) in [7, 11) is 1.46. The Morgan fingerprint density at radius 3 is 2.75 bits per heavy atom. The summed E-state index contributed by atoms with van der Waals surface area (Å²) < 4.78 is 4.81. The standard InChI is InChI=1S/C12H22N2O2/c1-16-12(15)10-5-11(13)8-14(7-10)6-9-3-2-4-9/h9-11H,2-8,13H2,1H3. The second-order valence-electron chi connectivity index (χ2n) is 5.23. The van der Waals surface area contributed by atoms with Crippen molar-refractivity contribution in [1.29, 1.82) is 0 Å². The SMILES string of the molecule is COC(=O)C1CC(N)CN(CC2CCC2)C1. The van der Waals surface area contributed by atoms with E-state index in [9.17, 15) is 4.79 Å². The van der Waals surface area contributed by atoms with E-state index in [1.54, 1.807) is 0 Å². The molecule has 2 fully saturated rings. The first-order valence-corrected chi connectivity index (χ1v) is 6.24. The van der Waals surface area contributed by atoms with Crippen LogP contribution in [-0.4, -0.2) is 43.7 Å². The molecular formula is C12H22N2O2. The van der Waals surface area contributed by atoms with Crippen LogP contribution in [0.5, 0.6) is 0 Å². The van der Waals surface area contributed by atoms with Crippen LogP contribution in [0.4, 0.5) is 0 Å². The molecule has 1 saturated carbocycles. The first kappa shape index (κ1) is 11.9. The number of esters is 1. The van der Waals surface area contributed by atoms with E-state index in [1.807, 2.05) is 0 Å². The highest BCUT2D eigenvalue weighted by molar-refractivity contribution is 5.72. The molecule has 0 aromatic rings. The number of carbonyl (C=O) groups is 1. The quantitative estimate of drug-likeness (QED) is 0.716. The van der Waals surface area contributed by atoms with Crippen LogP contribution in [0, 0.1) is 11.8 Å². The molecule has 2 N–H and O–H groups in total. The summed E-state index contributed by atoms with van der Waals surface area (Å²) in [5.41, 5.74) is 5.99. The van der Waals surface area contributed by atoms with Gasteiger partial charge in [0, 0.05) is 25.7 Å². The minimum atomic E-state index is -0.103. The van der Waals surface area contributed by atoms with Crippen LogP contribution in [0.25, 0.3) is 0 Å². The summed E-state index contributed by atoms with van der Waals surface area (Å²) in [5.74, 6) is 0.714. The van der Waals surface area contributed by atoms with Gasteiger partial charge in [0.15, 0.2) is 0 Å². The van der Waals surface area contributed by atoms with Crippen molar-refractivity contribution in [2.24, 2.45) is 17.6 Å². The number of ether oxygens (including phenoxy) is 1. The molecule has 0 bridgehead atoms. The molecule has 0 aromatic carbocycles. The third-order valence-corrected chi connectivity index (χ3v) is 3.83. The largest absolute Gasteiger partial charge is 0.469 e. The van der Waals surface area contributed by atoms with E-state index in [-0.39, 0.29) is 17.9 Å². The van der Waals surface area contributed by atoms with Gasteiger partial charge in [-0.15, -0.1) is 0 Å². The maximum Gasteiger partial charge on any atom is 0.310 e. The Hall–Kier alpha value is -0.610. The summed E-state index contributed by atoms with van der Waals surface area (Å²) >= 11 is 0. The molecule has 0 radical (unpaired) electrons. The Bertz CT molecular complexity index is 253. The predicted molar refractivity (Wildman–Crippen MR) is 61.9 cm³/mol. The molecule has 4 nitrogen and oxygen atoms in total. The second-order valence-corrected chi connectivity index (χ2v) is 5.23. The van der Waals surface area contributed by atoms with Crippen molar-refractivity contribution in [2.75, 3.05) is 26.7 Å². The first-order valence-electron chi connectivity index (χ1n) is 6.24. The van der Waals surface area contributed by atoms with Gasteiger partial charge in [0.2, 0.25) is 0 Å². The lowest BCUT2D eigenvalue weighted by molar-refractivity contribution is -0.147. The van der Waals surface area contributed by atoms with Crippen LogP contribution in [-0.2, 0) is 9.53 Å². The Morgan fingerprint density at radius 2 is 2.19 bits per heavy atom. The number of methoxy groups -OCH3 is 1. The predicted octanol–water partition coefficient (Wildman–Crippen LogP) is 0.609. The van der Waals surface area contributed by atoms with Gasteiger partial charge in [-0.25, -0.2) is 0 Å². The minimum absolute atomic E-state index is 0.0196. The molecule has 16 heavy (non-hydrogen) atoms. The minimum Gasteiger partial charge on any atom is -0.469 e. The molecule has 2 aliphatic rings. The zero-order valence-electron chi connectivity index (χ0n) is 10.0. The molecule has 1 aliphatic heterocycles. The van der Waals surface area contributed by atoms with Crippen LogP contribution in [0.15, 0.2) is 0 Å². The topological polar surface area (TPSA) is 55.6 Å². The normalized spacial score (nSPS) is 32.1. The number of nitrogens with two attached hydrogens (primary N) is 1. The molecular weight excluding hydrogens is 204 g/mol. The van der Waals surface area contributed by atoms with E-state index in [4.69, 9.17) is 10.5 Å². The van der Waals surface area contributed by atoms with Crippen molar-refractivity contribution in [3.05, 3.63) is 0 Å². The van der Waals surface area contributed by atoms with E-state index in [2.05, 4.69) is 4.90 Å². The molecule has 2 atom stereocenters. The molecule has 1 heterocycles. The number of nitrogens with zero attached hydrogens (tertiary/aromatic N) is 1. The average Bonchev–Trinajstić information content (AvgIpc) is 2.21. The van der Waals surface area contributed by atoms with Gasteiger partial charge < -0.3 is 15.4 Å². The zero-order valence-corrected chi connectivity index (χ0v) is 10.0. The zero-order chi connectivity index (χ0) is 11.5. The van der Waals surface area contributed by atoms with Gasteiger partial charge in [0.25, 0.3) is 0 Å². The average molecular weight is 226 g/mol. The number of piperidine rings is 1. The van der Waals surface area contributed by atoms with Crippen LogP contribution in [0.3, 0.4) is 0 Å². The highest BCUT2D eigenvalue weighted by Crippen LogP contribution is 2.28. The fourth-order valence-corrected chi connectivity index (χ4v) is 2.76. The summed E-state index contributed by atoms with van der Waals surface area (Å²) in [4.78, 5) is 13.9. The Kier molecular flexibility index (Phi) is 3.82. The number of hydrogen-bond acceptors (Lipinski definition) is 4. The molecule has 1 aliphatic carbocycles. The van der Waals surface area contributed by atoms with Gasteiger partial charge in [0.1, 0.15) is 0 Å². The smallest absolute Gasteiger partial charge is 0.310 e. The molecule has 2 rings (SSSR count). The Morgan fingerprint density at radius 1 is 1.44 bits per heavy atom. The first-order chi connectivity index (χ1) is 7.69. The van der Waals surface area contributed by atoms with Gasteiger partial charge >= 0.3 is 5.97 Å². The number of likely N-dealkylation sites (tertiary alicyclic amines) is 1. The molecule has 4 heteroatoms. The maximum absolute atomic E-state index is 11.5. The van der Waals surface area contributed by atoms with Gasteiger partial charge in [-0.1, -0.05) is 6.42 Å². The summed E-state index contributed by atoms with van der Waals surface area (Å²) in [6.45, 7) is 2.88. The van der Waals surface area contributed by atoms with Gasteiger partial charge in [-0.2, -0.15) is 0 Å². The third-order valence-electron chi connectivity index (χ3n) is 3.83. The lowest BCUT2D eigenvalue weighted by atomic mass is 9.84. The molecule has 0 amide bonds. The summed E-state index contributed by atoms with van der Waals surface area (Å²) in [6, 6.07) is 0.123. The monoisotopic (exact) mass is 226 g/mol. The van der Waals surface area contributed by atoms with Gasteiger partial charge in [-0.05, 0) is 25.2 Å². The van der Waals surface area contributed by atoms with Crippen molar-refractivity contribution < 1.29 is 9.53 Å². The fourth-order valence-electron chi connectivity index (χ4n) is 2.76. The van der Waals surface area contributed by atoms with Gasteiger partial charge in [0.05, 0.1) is 13.0 Å². The maximum atomic E-state index is 11.5. The summed E-state index contributed by atoms with van der Waals surface area (Å²) in [5, 5.41) is 0. The molecule has 92 valence electrons. The van der Waals surface area contributed by atoms with Crippen molar-refractivity contribution in [3.63, 3.8) is 0 Å². The van der Waals surface area contributed by atoms with Gasteiger partial charge in [-0.3, -0.25) is 4.79 Å². The Labute approximate surface area is 97.1 Å². The van der Waals surface area contributed by atoms with E-state index in [0.29, 0.717) is 0 Å². The Balaban J connectivity index is 1.85. The lowest BCUT2D eigenvalue weighted by Gasteiger charge is -2.39. The lowest BCUT2D eigenvalue weighted by Crippen LogP contribution is -2.50. The van der Waals surface area contributed by atoms with E-state index < -0.39 is 0 Å². The van der Waals surface area contributed by atoms with Crippen molar-refractivity contribution in [1.82, 2.24) is 4.90 Å². The van der Waals surface area contributed by atoms with Crippen LogP contribution in [0.2, 0.25) is 0 Å². The highest BCUT2D eigenvalue weighted by atomic mass is 16.5. The molecule has 0 aromatic heterocycles. The van der Waals surface area contributed by atoms with E-state index in [1.165, 1.54) is 26.4 Å². The highest BCUT2D eigenvalue weighted by Gasteiger charge is 2.32. The van der Waals surface area contributed by atoms with E-state index in [0.717, 1.165) is 32.0 Å². The van der Waals surface area contributed by atoms with E-state index >= 15 is 0 Å². The third kappa shape index (κ3) is 2.74.